The zero-order valence-electron chi connectivity index (χ0n) is 26.6. The van der Waals surface area contributed by atoms with Crippen molar-refractivity contribution in [3.05, 3.63) is 101 Å². The van der Waals surface area contributed by atoms with Crippen LogP contribution in [0.5, 0.6) is 0 Å². The molecule has 1 amide bonds. The van der Waals surface area contributed by atoms with E-state index in [1.54, 1.807) is 6.92 Å². The van der Waals surface area contributed by atoms with Crippen LogP contribution in [0.2, 0.25) is 0 Å². The molecule has 0 bridgehead atoms. The molecule has 0 spiro atoms. The summed E-state index contributed by atoms with van der Waals surface area (Å²) in [5.41, 5.74) is 4.91. The van der Waals surface area contributed by atoms with E-state index in [4.69, 9.17) is 4.74 Å². The summed E-state index contributed by atoms with van der Waals surface area (Å²) in [4.78, 5) is 41.3. The summed E-state index contributed by atoms with van der Waals surface area (Å²) < 4.78 is 7.10. The van der Waals surface area contributed by atoms with E-state index in [2.05, 4.69) is 31.3 Å². The number of fused-ring (bicyclic) bond motifs is 1. The number of hydrogen-bond donors (Lipinski definition) is 1. The van der Waals surface area contributed by atoms with Crippen LogP contribution in [0.1, 0.15) is 80.6 Å². The van der Waals surface area contributed by atoms with E-state index in [1.165, 1.54) is 5.56 Å². The Morgan fingerprint density at radius 2 is 1.64 bits per heavy atom. The molecule has 0 aliphatic carbocycles. The Balaban J connectivity index is 1.61. The number of nitrogens with zero attached hydrogens (tertiary/aromatic N) is 2. The van der Waals surface area contributed by atoms with Crippen LogP contribution in [-0.4, -0.2) is 46.8 Å². The number of ketones is 1. The van der Waals surface area contributed by atoms with Crippen LogP contribution in [0.15, 0.2) is 79.0 Å². The molecule has 7 nitrogen and oxygen atoms in total. The van der Waals surface area contributed by atoms with Gasteiger partial charge in [0.05, 0.1) is 6.61 Å². The van der Waals surface area contributed by atoms with Crippen molar-refractivity contribution in [2.24, 2.45) is 5.92 Å². The molecule has 0 saturated heterocycles. The monoisotopic (exact) mass is 595 g/mol. The van der Waals surface area contributed by atoms with Gasteiger partial charge < -0.3 is 19.5 Å². The van der Waals surface area contributed by atoms with Gasteiger partial charge in [0.2, 0.25) is 5.91 Å². The Bertz CT molecular complexity index is 1570. The normalized spacial score (nSPS) is 11.9. The molecule has 1 unspecified atom stereocenters. The van der Waals surface area contributed by atoms with Crippen molar-refractivity contribution in [2.75, 3.05) is 25.0 Å². The molecule has 7 heteroatoms. The number of benzene rings is 3. The minimum atomic E-state index is -0.588. The van der Waals surface area contributed by atoms with Gasteiger partial charge in [-0.2, -0.15) is 0 Å². The highest BCUT2D eigenvalue weighted by Crippen LogP contribution is 2.28. The number of rotatable bonds is 15. The van der Waals surface area contributed by atoms with E-state index >= 15 is 0 Å². The number of aromatic nitrogens is 1. The first-order chi connectivity index (χ1) is 21.2. The lowest BCUT2D eigenvalue weighted by Gasteiger charge is -2.27. The number of likely N-dealkylation sites (N-methyl/N-ethyl adjacent to an activating group) is 1. The van der Waals surface area contributed by atoms with Gasteiger partial charge in [0.25, 0.3) is 0 Å². The first kappa shape index (κ1) is 32.5. The van der Waals surface area contributed by atoms with Crippen LogP contribution in [0, 0.1) is 5.92 Å². The number of hydrogen-bond acceptors (Lipinski definition) is 5. The molecule has 44 heavy (non-hydrogen) atoms. The topological polar surface area (TPSA) is 80.6 Å². The van der Waals surface area contributed by atoms with E-state index in [1.807, 2.05) is 90.2 Å². The predicted octanol–water partition coefficient (Wildman–Crippen LogP) is 7.44. The lowest BCUT2D eigenvalue weighted by molar-refractivity contribution is -0.143. The number of carbonyl (C=O) groups excluding carboxylic acids is 3. The molecule has 4 aromatic rings. The van der Waals surface area contributed by atoms with E-state index in [-0.39, 0.29) is 17.7 Å². The molecule has 0 radical (unpaired) electrons. The Morgan fingerprint density at radius 3 is 2.32 bits per heavy atom. The van der Waals surface area contributed by atoms with Crippen LogP contribution in [0.4, 0.5) is 5.69 Å². The summed E-state index contributed by atoms with van der Waals surface area (Å²) in [5, 5.41) is 4.31. The van der Waals surface area contributed by atoms with Gasteiger partial charge in [0.15, 0.2) is 5.78 Å². The van der Waals surface area contributed by atoms with Crippen LogP contribution in [-0.2, 0) is 27.3 Å². The van der Waals surface area contributed by atoms with E-state index < -0.39 is 6.04 Å². The SMILES string of the molecule is CCOC(=O)CCCn1cc(C(=O)c2cccc(NC(C(=O)N(CC)CC)c3ccc(CC(C)C)cc3)c2)c2ccccc21. The number of ether oxygens (including phenoxy) is 1. The molecule has 0 fully saturated rings. The molecular weight excluding hydrogens is 550 g/mol. The molecule has 1 aromatic heterocycles. The quantitative estimate of drug-likeness (QED) is 0.114. The smallest absolute Gasteiger partial charge is 0.305 e. The van der Waals surface area contributed by atoms with Gasteiger partial charge in [-0.1, -0.05) is 68.4 Å². The summed E-state index contributed by atoms with van der Waals surface area (Å²) >= 11 is 0. The maximum atomic E-state index is 13.9. The summed E-state index contributed by atoms with van der Waals surface area (Å²) in [6.45, 7) is 12.3. The average molecular weight is 596 g/mol. The zero-order valence-corrected chi connectivity index (χ0v) is 26.6. The molecule has 4 rings (SSSR count). The zero-order chi connectivity index (χ0) is 31.6. The fourth-order valence-electron chi connectivity index (χ4n) is 5.64. The Hall–Kier alpha value is -4.39. The van der Waals surface area contributed by atoms with E-state index in [0.29, 0.717) is 61.8 Å². The van der Waals surface area contributed by atoms with Crippen LogP contribution < -0.4 is 5.32 Å². The fraction of sp³-hybridized carbons (Fsp3) is 0.378. The van der Waals surface area contributed by atoms with E-state index in [0.717, 1.165) is 22.9 Å². The van der Waals surface area contributed by atoms with Crippen molar-refractivity contribution in [3.8, 4) is 0 Å². The number of para-hydroxylation sites is 1. The standard InChI is InChI=1S/C37H45N3O4/c1-6-39(7-2)37(43)35(28-20-18-27(19-21-28)23-26(4)5)38-30-14-11-13-29(24-30)36(42)32-25-40(22-12-17-34(41)44-8-3)33-16-10-9-15-31(32)33/h9-11,13-16,18-21,24-26,35,38H,6-8,12,17,22-23H2,1-5H3. The highest BCUT2D eigenvalue weighted by Gasteiger charge is 2.25. The van der Waals surface area contributed by atoms with Crippen LogP contribution in [0.25, 0.3) is 10.9 Å². The number of anilines is 1. The molecule has 0 aliphatic rings. The fourth-order valence-corrected chi connectivity index (χ4v) is 5.64. The van der Waals surface area contributed by atoms with Gasteiger partial charge in [-0.05, 0) is 68.9 Å². The first-order valence-electron chi connectivity index (χ1n) is 15.8. The van der Waals surface area contributed by atoms with Crippen molar-refractivity contribution in [1.82, 2.24) is 9.47 Å². The molecule has 232 valence electrons. The van der Waals surface area contributed by atoms with Gasteiger partial charge in [0, 0.05) is 60.0 Å². The van der Waals surface area contributed by atoms with Crippen molar-refractivity contribution < 1.29 is 19.1 Å². The van der Waals surface area contributed by atoms with Gasteiger partial charge in [0.1, 0.15) is 6.04 Å². The van der Waals surface area contributed by atoms with Crippen molar-refractivity contribution in [2.45, 2.75) is 66.5 Å². The molecule has 1 atom stereocenters. The van der Waals surface area contributed by atoms with Crippen LogP contribution in [0.3, 0.4) is 0 Å². The summed E-state index contributed by atoms with van der Waals surface area (Å²) in [6.07, 6.45) is 3.80. The second-order valence-electron chi connectivity index (χ2n) is 11.5. The lowest BCUT2D eigenvalue weighted by Crippen LogP contribution is -2.37. The molecule has 1 N–H and O–H groups in total. The molecule has 3 aromatic carbocycles. The number of amides is 1. The largest absolute Gasteiger partial charge is 0.466 e. The second kappa shape index (κ2) is 15.4. The molecule has 0 aliphatic heterocycles. The molecule has 1 heterocycles. The average Bonchev–Trinajstić information content (AvgIpc) is 3.39. The van der Waals surface area contributed by atoms with Gasteiger partial charge in [-0.3, -0.25) is 14.4 Å². The minimum Gasteiger partial charge on any atom is -0.466 e. The third-order valence-corrected chi connectivity index (χ3v) is 7.83. The molecule has 0 saturated carbocycles. The number of nitrogens with one attached hydrogen (secondary N) is 1. The summed E-state index contributed by atoms with van der Waals surface area (Å²) in [5.74, 6) is 0.229. The number of carbonyl (C=O) groups is 3. The van der Waals surface area contributed by atoms with Gasteiger partial charge in [-0.25, -0.2) is 0 Å². The third kappa shape index (κ3) is 7.95. The maximum Gasteiger partial charge on any atom is 0.305 e. The predicted molar refractivity (Wildman–Crippen MR) is 177 cm³/mol. The highest BCUT2D eigenvalue weighted by molar-refractivity contribution is 6.16. The maximum absolute atomic E-state index is 13.9. The minimum absolute atomic E-state index is 0.00534. The van der Waals surface area contributed by atoms with Crippen molar-refractivity contribution >= 4 is 34.3 Å². The third-order valence-electron chi connectivity index (χ3n) is 7.83. The second-order valence-corrected chi connectivity index (χ2v) is 11.5. The van der Waals surface area contributed by atoms with E-state index in [9.17, 15) is 14.4 Å². The lowest BCUT2D eigenvalue weighted by atomic mass is 9.98. The molecular formula is C37H45N3O4. The Labute approximate surface area is 261 Å². The van der Waals surface area contributed by atoms with Gasteiger partial charge >= 0.3 is 5.97 Å². The number of esters is 1. The number of aryl methyl sites for hydroxylation is 1. The summed E-state index contributed by atoms with van der Waals surface area (Å²) in [7, 11) is 0. The Morgan fingerprint density at radius 1 is 0.909 bits per heavy atom. The first-order valence-corrected chi connectivity index (χ1v) is 15.8. The highest BCUT2D eigenvalue weighted by atomic mass is 16.5. The van der Waals surface area contributed by atoms with Crippen molar-refractivity contribution in [1.29, 1.82) is 0 Å². The van der Waals surface area contributed by atoms with Gasteiger partial charge in [-0.15, -0.1) is 0 Å². The van der Waals surface area contributed by atoms with Crippen LogP contribution >= 0.6 is 0 Å². The van der Waals surface area contributed by atoms with Crippen molar-refractivity contribution in [3.63, 3.8) is 0 Å². The summed E-state index contributed by atoms with van der Waals surface area (Å²) in [6, 6.07) is 22.9. The Kier molecular flexibility index (Phi) is 11.4.